The number of anilines is 1. The van der Waals surface area contributed by atoms with Crippen molar-refractivity contribution in [1.29, 1.82) is 0 Å². The zero-order valence-corrected chi connectivity index (χ0v) is 19.6. The summed E-state index contributed by atoms with van der Waals surface area (Å²) in [5.41, 5.74) is -0.0865. The average molecular weight is 561 g/mol. The molecule has 2 aromatic carbocycles. The third-order valence-electron chi connectivity index (χ3n) is 4.58. The second-order valence-corrected chi connectivity index (χ2v) is 8.13. The summed E-state index contributed by atoms with van der Waals surface area (Å²) in [6.07, 6.45) is -0.492. The highest BCUT2D eigenvalue weighted by molar-refractivity contribution is 7.15. The standard InChI is InChI=1S/C18H11N9O11S/c28-14(20-22-17(30)11-4-2-9(25(33)34)6-13(11)27(37)38)7-15-21-23-18(39-15)19-16(29)10-3-1-8(24(31)32)5-12(10)26(35)36/h1-6H,7H2,(H,20,28)(H,22,30)(H,19,23,29). The predicted octanol–water partition coefficient (Wildman–Crippen LogP) is 1.43. The Balaban J connectivity index is 1.62. The van der Waals surface area contributed by atoms with Crippen molar-refractivity contribution in [3.05, 3.63) is 93.0 Å². The molecule has 39 heavy (non-hydrogen) atoms. The molecule has 0 fully saturated rings. The van der Waals surface area contributed by atoms with E-state index in [0.29, 0.717) is 23.5 Å². The smallest absolute Gasteiger partial charge is 0.289 e. The maximum absolute atomic E-state index is 12.4. The number of nitrogens with one attached hydrogen (secondary N) is 3. The summed E-state index contributed by atoms with van der Waals surface area (Å²) >= 11 is 0.689. The van der Waals surface area contributed by atoms with E-state index < -0.39 is 77.7 Å². The molecule has 0 aliphatic carbocycles. The van der Waals surface area contributed by atoms with Crippen LogP contribution in [0.4, 0.5) is 27.9 Å². The number of carbonyl (C=O) groups is 3. The fourth-order valence-electron chi connectivity index (χ4n) is 2.87. The van der Waals surface area contributed by atoms with Gasteiger partial charge in [0.25, 0.3) is 34.6 Å². The van der Waals surface area contributed by atoms with Crippen LogP contribution in [0.2, 0.25) is 0 Å². The molecule has 20 nitrogen and oxygen atoms in total. The molecule has 3 rings (SSSR count). The predicted molar refractivity (Wildman–Crippen MR) is 127 cm³/mol. The van der Waals surface area contributed by atoms with Gasteiger partial charge in [-0.05, 0) is 12.1 Å². The molecule has 3 amide bonds. The van der Waals surface area contributed by atoms with Crippen LogP contribution in [0.25, 0.3) is 0 Å². The van der Waals surface area contributed by atoms with Gasteiger partial charge in [-0.25, -0.2) is 0 Å². The van der Waals surface area contributed by atoms with Crippen molar-refractivity contribution < 1.29 is 34.1 Å². The monoisotopic (exact) mass is 561 g/mol. The average Bonchev–Trinajstić information content (AvgIpc) is 3.32. The first kappa shape index (κ1) is 27.6. The van der Waals surface area contributed by atoms with Crippen molar-refractivity contribution in [2.75, 3.05) is 5.32 Å². The number of amides is 3. The number of hydrogen-bond acceptors (Lipinski definition) is 14. The van der Waals surface area contributed by atoms with Crippen LogP contribution in [0.15, 0.2) is 36.4 Å². The Morgan fingerprint density at radius 1 is 0.718 bits per heavy atom. The molecule has 3 aromatic rings. The van der Waals surface area contributed by atoms with Gasteiger partial charge in [0.15, 0.2) is 0 Å². The Morgan fingerprint density at radius 2 is 1.23 bits per heavy atom. The van der Waals surface area contributed by atoms with Gasteiger partial charge >= 0.3 is 0 Å². The molecule has 0 atom stereocenters. The van der Waals surface area contributed by atoms with E-state index in [4.69, 9.17) is 0 Å². The van der Waals surface area contributed by atoms with Gasteiger partial charge in [0.05, 0.1) is 38.2 Å². The molecule has 1 heterocycles. The zero-order valence-electron chi connectivity index (χ0n) is 18.8. The van der Waals surface area contributed by atoms with Crippen LogP contribution < -0.4 is 16.2 Å². The van der Waals surface area contributed by atoms with Crippen LogP contribution in [-0.4, -0.2) is 47.6 Å². The number of nitro groups is 4. The zero-order chi connectivity index (χ0) is 28.9. The van der Waals surface area contributed by atoms with Gasteiger partial charge in [-0.2, -0.15) is 0 Å². The lowest BCUT2D eigenvalue weighted by molar-refractivity contribution is -0.394. The maximum atomic E-state index is 12.4. The molecule has 0 radical (unpaired) electrons. The van der Waals surface area contributed by atoms with Crippen LogP contribution in [0.5, 0.6) is 0 Å². The van der Waals surface area contributed by atoms with Gasteiger partial charge in [-0.3, -0.25) is 71.0 Å². The number of aromatic nitrogens is 2. The molecule has 3 N–H and O–H groups in total. The highest BCUT2D eigenvalue weighted by atomic mass is 32.1. The first-order valence-corrected chi connectivity index (χ1v) is 10.8. The summed E-state index contributed by atoms with van der Waals surface area (Å²) in [5, 5.41) is 53.3. The molecule has 0 bridgehead atoms. The topological polar surface area (TPSA) is 286 Å². The van der Waals surface area contributed by atoms with E-state index in [1.54, 1.807) is 0 Å². The van der Waals surface area contributed by atoms with Gasteiger partial charge in [0.2, 0.25) is 11.0 Å². The van der Waals surface area contributed by atoms with E-state index in [9.17, 15) is 54.8 Å². The number of benzene rings is 2. The van der Waals surface area contributed by atoms with E-state index >= 15 is 0 Å². The minimum atomic E-state index is -1.14. The van der Waals surface area contributed by atoms with E-state index in [0.717, 1.165) is 24.3 Å². The minimum absolute atomic E-state index is 0.0107. The summed E-state index contributed by atoms with van der Waals surface area (Å²) in [6.45, 7) is 0. The molecule has 0 spiro atoms. The Labute approximate surface area is 217 Å². The lowest BCUT2D eigenvalue weighted by Crippen LogP contribution is -2.42. The summed E-state index contributed by atoms with van der Waals surface area (Å²) in [5.74, 6) is -3.03. The van der Waals surface area contributed by atoms with Gasteiger partial charge in [-0.1, -0.05) is 11.3 Å². The molecule has 1 aromatic heterocycles. The van der Waals surface area contributed by atoms with Gasteiger partial charge in [0.1, 0.15) is 16.1 Å². The van der Waals surface area contributed by atoms with E-state index in [1.165, 1.54) is 0 Å². The number of carbonyl (C=O) groups excluding carboxylic acids is 3. The van der Waals surface area contributed by atoms with Crippen LogP contribution in [-0.2, 0) is 11.2 Å². The molecule has 0 unspecified atom stereocenters. The highest BCUT2D eigenvalue weighted by Crippen LogP contribution is 2.27. The number of rotatable bonds is 9. The van der Waals surface area contributed by atoms with Gasteiger partial charge < -0.3 is 0 Å². The van der Waals surface area contributed by atoms with Crippen LogP contribution in [0, 0.1) is 40.5 Å². The van der Waals surface area contributed by atoms with Crippen LogP contribution in [0.1, 0.15) is 25.7 Å². The number of nitrogens with zero attached hydrogens (tertiary/aromatic N) is 6. The van der Waals surface area contributed by atoms with Gasteiger partial charge in [-0.15, -0.1) is 10.2 Å². The normalized spacial score (nSPS) is 10.3. The van der Waals surface area contributed by atoms with E-state index in [-0.39, 0.29) is 10.1 Å². The third kappa shape index (κ3) is 6.62. The number of nitro benzene ring substituents is 4. The van der Waals surface area contributed by atoms with Gasteiger partial charge in [0, 0.05) is 12.1 Å². The lowest BCUT2D eigenvalue weighted by Gasteiger charge is -2.07. The first-order chi connectivity index (χ1) is 18.4. The number of hydrogen-bond donors (Lipinski definition) is 3. The van der Waals surface area contributed by atoms with Crippen molar-refractivity contribution in [2.24, 2.45) is 0 Å². The first-order valence-electron chi connectivity index (χ1n) is 9.96. The minimum Gasteiger partial charge on any atom is -0.296 e. The highest BCUT2D eigenvalue weighted by Gasteiger charge is 2.26. The quantitative estimate of drug-likeness (QED) is 0.246. The fourth-order valence-corrected chi connectivity index (χ4v) is 3.60. The Bertz CT molecular complexity index is 1550. The third-order valence-corrected chi connectivity index (χ3v) is 5.42. The van der Waals surface area contributed by atoms with Crippen molar-refractivity contribution in [3.8, 4) is 0 Å². The molecule has 0 saturated carbocycles. The SMILES string of the molecule is O=C(Cc1nnc(NC(=O)c2ccc([N+](=O)[O-])cc2[N+](=O)[O-])s1)NNC(=O)c1ccc([N+](=O)[O-])cc1[N+](=O)[O-]. The molecule has 0 saturated heterocycles. The van der Waals surface area contributed by atoms with Crippen molar-refractivity contribution >= 4 is 56.9 Å². The molecule has 200 valence electrons. The summed E-state index contributed by atoms with van der Waals surface area (Å²) < 4.78 is 0. The Hall–Kier alpha value is -5.99. The van der Waals surface area contributed by atoms with Crippen LogP contribution in [0.3, 0.4) is 0 Å². The second kappa shape index (κ2) is 11.4. The number of non-ortho nitro benzene ring substituents is 2. The van der Waals surface area contributed by atoms with Crippen molar-refractivity contribution in [1.82, 2.24) is 21.0 Å². The summed E-state index contributed by atoms with van der Waals surface area (Å²) in [7, 11) is 0. The van der Waals surface area contributed by atoms with Crippen molar-refractivity contribution in [3.63, 3.8) is 0 Å². The number of hydrazine groups is 1. The molecule has 0 aliphatic rings. The summed E-state index contributed by atoms with van der Waals surface area (Å²) in [4.78, 5) is 77.1. The molecule has 21 heteroatoms. The van der Waals surface area contributed by atoms with Crippen LogP contribution >= 0.6 is 11.3 Å². The fraction of sp³-hybridized carbons (Fsp3) is 0.0556. The Kier molecular flexibility index (Phi) is 8.05. The van der Waals surface area contributed by atoms with Crippen molar-refractivity contribution in [2.45, 2.75) is 6.42 Å². The Morgan fingerprint density at radius 3 is 1.72 bits per heavy atom. The molecular formula is C18H11N9O11S. The lowest BCUT2D eigenvalue weighted by atomic mass is 10.1. The molecular weight excluding hydrogens is 550 g/mol. The second-order valence-electron chi connectivity index (χ2n) is 7.07. The molecule has 0 aliphatic heterocycles. The van der Waals surface area contributed by atoms with E-state index in [2.05, 4.69) is 15.5 Å². The summed E-state index contributed by atoms with van der Waals surface area (Å²) in [6, 6.07) is 4.69. The maximum Gasteiger partial charge on any atom is 0.289 e. The van der Waals surface area contributed by atoms with E-state index in [1.807, 2.05) is 10.9 Å². The largest absolute Gasteiger partial charge is 0.296 e.